The van der Waals surface area contributed by atoms with Crippen LogP contribution in [0.3, 0.4) is 0 Å². The van der Waals surface area contributed by atoms with Crippen LogP contribution in [0.4, 0.5) is 5.69 Å². The lowest BCUT2D eigenvalue weighted by atomic mass is 10.2. The summed E-state index contributed by atoms with van der Waals surface area (Å²) in [5.41, 5.74) is 6.42. The fourth-order valence-electron chi connectivity index (χ4n) is 1.04. The van der Waals surface area contributed by atoms with Gasteiger partial charge in [-0.2, -0.15) is 0 Å². The summed E-state index contributed by atoms with van der Waals surface area (Å²) in [6.45, 7) is 0. The van der Waals surface area contributed by atoms with E-state index in [4.69, 9.17) is 10.5 Å². The number of benzene rings is 1. The van der Waals surface area contributed by atoms with Crippen molar-refractivity contribution >= 4 is 50.2 Å². The van der Waals surface area contributed by atoms with Crippen molar-refractivity contribution in [2.24, 2.45) is 0 Å². The Morgan fingerprint density at radius 1 is 1.53 bits per heavy atom. The van der Waals surface area contributed by atoms with Gasteiger partial charge < -0.3 is 15.2 Å². The molecule has 1 rings (SSSR count). The first-order valence-corrected chi connectivity index (χ1v) is 5.79. The van der Waals surface area contributed by atoms with Gasteiger partial charge in [0.1, 0.15) is 5.75 Å². The van der Waals surface area contributed by atoms with Crippen molar-refractivity contribution in [1.29, 1.82) is 0 Å². The number of nitrogen functional groups attached to an aromatic ring is 1. The molecule has 0 heterocycles. The van der Waals surface area contributed by atoms with Crippen LogP contribution < -0.4 is 10.5 Å². The van der Waals surface area contributed by atoms with Crippen LogP contribution in [-0.4, -0.2) is 20.2 Å². The van der Waals surface area contributed by atoms with Crippen LogP contribution >= 0.6 is 38.5 Å². The number of carbonyl (C=O) groups excluding carboxylic acids is 1. The highest BCUT2D eigenvalue weighted by Crippen LogP contribution is 2.36. The molecule has 0 amide bonds. The number of hydrogen-bond acceptors (Lipinski definition) is 4. The van der Waals surface area contributed by atoms with Crippen LogP contribution in [0.25, 0.3) is 0 Å². The van der Waals surface area contributed by atoms with Gasteiger partial charge in [0.05, 0.1) is 33.5 Å². The van der Waals surface area contributed by atoms with Gasteiger partial charge in [-0.25, -0.2) is 4.79 Å². The summed E-state index contributed by atoms with van der Waals surface area (Å²) >= 11 is 5.38. The Kier molecular flexibility index (Phi) is 4.21. The largest absolute Gasteiger partial charge is 0.496 e. The second-order valence-corrected chi connectivity index (χ2v) is 4.53. The number of halogens is 2. The summed E-state index contributed by atoms with van der Waals surface area (Å²) in [5, 5.41) is 0. The van der Waals surface area contributed by atoms with Gasteiger partial charge in [0.25, 0.3) is 0 Å². The maximum Gasteiger partial charge on any atom is 0.340 e. The zero-order chi connectivity index (χ0) is 11.6. The van der Waals surface area contributed by atoms with Gasteiger partial charge in [-0.05, 0) is 44.6 Å². The van der Waals surface area contributed by atoms with Crippen molar-refractivity contribution in [3.8, 4) is 5.75 Å². The SMILES string of the molecule is COC(=O)c1cc(OC)c(I)c(Br)c1N. The molecule has 0 atom stereocenters. The lowest BCUT2D eigenvalue weighted by molar-refractivity contribution is 0.0601. The normalized spacial score (nSPS) is 9.87. The zero-order valence-electron chi connectivity index (χ0n) is 8.14. The maximum absolute atomic E-state index is 11.4. The van der Waals surface area contributed by atoms with Crippen LogP contribution in [0.2, 0.25) is 0 Å². The maximum atomic E-state index is 11.4. The predicted octanol–water partition coefficient (Wildman–Crippen LogP) is 2.43. The van der Waals surface area contributed by atoms with Crippen LogP contribution in [0, 0.1) is 3.57 Å². The van der Waals surface area contributed by atoms with E-state index in [1.165, 1.54) is 14.2 Å². The number of esters is 1. The van der Waals surface area contributed by atoms with Crippen LogP contribution in [0.1, 0.15) is 10.4 Å². The molecule has 0 saturated carbocycles. The third-order valence-electron chi connectivity index (χ3n) is 1.84. The summed E-state index contributed by atoms with van der Waals surface area (Å²) < 4.78 is 11.2. The van der Waals surface area contributed by atoms with Crippen molar-refractivity contribution in [1.82, 2.24) is 0 Å². The average molecular weight is 386 g/mol. The molecule has 4 nitrogen and oxygen atoms in total. The fourth-order valence-corrected chi connectivity index (χ4v) is 2.12. The molecule has 0 unspecified atom stereocenters. The van der Waals surface area contributed by atoms with Crippen LogP contribution in [0.5, 0.6) is 5.75 Å². The van der Waals surface area contributed by atoms with E-state index in [2.05, 4.69) is 43.3 Å². The Morgan fingerprint density at radius 3 is 2.60 bits per heavy atom. The number of anilines is 1. The van der Waals surface area contributed by atoms with E-state index in [1.54, 1.807) is 6.07 Å². The molecule has 0 aliphatic carbocycles. The summed E-state index contributed by atoms with van der Waals surface area (Å²) in [6.07, 6.45) is 0. The fraction of sp³-hybridized carbons (Fsp3) is 0.222. The smallest absolute Gasteiger partial charge is 0.340 e. The highest BCUT2D eigenvalue weighted by atomic mass is 127. The van der Waals surface area contributed by atoms with Crippen molar-refractivity contribution in [3.63, 3.8) is 0 Å². The molecule has 6 heteroatoms. The minimum atomic E-state index is -0.483. The second-order valence-electron chi connectivity index (χ2n) is 2.66. The first kappa shape index (κ1) is 12.6. The molecule has 82 valence electrons. The van der Waals surface area contributed by atoms with Gasteiger partial charge in [-0.3, -0.25) is 0 Å². The Balaban J connectivity index is 3.41. The molecule has 0 saturated heterocycles. The molecule has 0 bridgehead atoms. The first-order valence-electron chi connectivity index (χ1n) is 3.92. The highest BCUT2D eigenvalue weighted by Gasteiger charge is 2.18. The summed E-state index contributed by atoms with van der Waals surface area (Å²) in [5.74, 6) is 0.0972. The summed E-state index contributed by atoms with van der Waals surface area (Å²) in [7, 11) is 2.83. The number of ether oxygens (including phenoxy) is 2. The molecule has 0 aliphatic rings. The number of rotatable bonds is 2. The van der Waals surface area contributed by atoms with Crippen LogP contribution in [0.15, 0.2) is 10.5 Å². The summed E-state index contributed by atoms with van der Waals surface area (Å²) in [6, 6.07) is 1.56. The Bertz CT molecular complexity index is 409. The minimum absolute atomic E-state index is 0.293. The van der Waals surface area contributed by atoms with Crippen molar-refractivity contribution < 1.29 is 14.3 Å². The monoisotopic (exact) mass is 385 g/mol. The van der Waals surface area contributed by atoms with E-state index in [0.29, 0.717) is 21.5 Å². The average Bonchev–Trinajstić information content (AvgIpc) is 2.25. The topological polar surface area (TPSA) is 61.5 Å². The molecule has 0 aliphatic heterocycles. The number of carbonyl (C=O) groups is 1. The van der Waals surface area contributed by atoms with E-state index in [1.807, 2.05) is 0 Å². The third-order valence-corrected chi connectivity index (χ3v) is 4.47. The molecule has 0 spiro atoms. The Hall–Kier alpha value is -0.500. The molecular formula is C9H9BrINO3. The highest BCUT2D eigenvalue weighted by molar-refractivity contribution is 14.1. The van der Waals surface area contributed by atoms with Gasteiger partial charge in [-0.1, -0.05) is 0 Å². The standard InChI is InChI=1S/C9H9BrINO3/c1-14-5-3-4(9(13)15-2)8(12)6(10)7(5)11/h3H,12H2,1-2H3. The number of nitrogens with two attached hydrogens (primary N) is 1. The van der Waals surface area contributed by atoms with Gasteiger partial charge in [0.15, 0.2) is 0 Å². The molecular weight excluding hydrogens is 377 g/mol. The molecule has 2 N–H and O–H groups in total. The van der Waals surface area contributed by atoms with E-state index < -0.39 is 5.97 Å². The van der Waals surface area contributed by atoms with E-state index >= 15 is 0 Å². The van der Waals surface area contributed by atoms with Gasteiger partial charge >= 0.3 is 5.97 Å². The van der Waals surface area contributed by atoms with Gasteiger partial charge in [0.2, 0.25) is 0 Å². The lowest BCUT2D eigenvalue weighted by Gasteiger charge is -2.11. The molecule has 0 aromatic heterocycles. The molecule has 1 aromatic rings. The lowest BCUT2D eigenvalue weighted by Crippen LogP contribution is -2.07. The first-order chi connectivity index (χ1) is 7.02. The zero-order valence-corrected chi connectivity index (χ0v) is 11.9. The second kappa shape index (κ2) is 5.02. The Morgan fingerprint density at radius 2 is 2.13 bits per heavy atom. The van der Waals surface area contributed by atoms with E-state index in [0.717, 1.165) is 3.57 Å². The van der Waals surface area contributed by atoms with E-state index in [9.17, 15) is 4.79 Å². The van der Waals surface area contributed by atoms with Crippen molar-refractivity contribution in [2.45, 2.75) is 0 Å². The van der Waals surface area contributed by atoms with Crippen molar-refractivity contribution in [3.05, 3.63) is 19.7 Å². The molecule has 1 aromatic carbocycles. The number of hydrogen-bond donors (Lipinski definition) is 1. The number of methoxy groups -OCH3 is 2. The summed E-state index contributed by atoms with van der Waals surface area (Å²) in [4.78, 5) is 11.4. The predicted molar refractivity (Wildman–Crippen MR) is 69.2 cm³/mol. The minimum Gasteiger partial charge on any atom is -0.496 e. The van der Waals surface area contributed by atoms with Crippen LogP contribution in [-0.2, 0) is 4.74 Å². The molecule has 15 heavy (non-hydrogen) atoms. The van der Waals surface area contributed by atoms with Crippen molar-refractivity contribution in [2.75, 3.05) is 20.0 Å². The van der Waals surface area contributed by atoms with Gasteiger partial charge in [0, 0.05) is 0 Å². The molecule has 0 fully saturated rings. The third kappa shape index (κ3) is 2.36. The quantitative estimate of drug-likeness (QED) is 0.482. The van der Waals surface area contributed by atoms with E-state index in [-0.39, 0.29) is 0 Å². The molecule has 0 radical (unpaired) electrons. The Labute approximate surface area is 109 Å². The van der Waals surface area contributed by atoms with Gasteiger partial charge in [-0.15, -0.1) is 0 Å².